The van der Waals surface area contributed by atoms with Crippen LogP contribution in [0.4, 0.5) is 0 Å². The van der Waals surface area contributed by atoms with Gasteiger partial charge in [-0.05, 0) is 5.56 Å². The molecule has 0 aliphatic heterocycles. The second-order valence-electron chi connectivity index (χ2n) is 1.69. The summed E-state index contributed by atoms with van der Waals surface area (Å²) < 4.78 is 0. The van der Waals surface area contributed by atoms with Crippen molar-refractivity contribution in [2.24, 2.45) is 5.73 Å². The van der Waals surface area contributed by atoms with Crippen molar-refractivity contribution in [1.29, 1.82) is 0 Å². The van der Waals surface area contributed by atoms with Gasteiger partial charge in [-0.3, -0.25) is 0 Å². The Balaban J connectivity index is 0.000000640. The first-order valence-electron chi connectivity index (χ1n) is 2.67. The molecule has 44 valence electrons. The Morgan fingerprint density at radius 1 is 1.11 bits per heavy atom. The molecule has 1 nitrogen and oxygen atoms in total. The minimum absolute atomic E-state index is 0. The summed E-state index contributed by atoms with van der Waals surface area (Å²) in [5.41, 5.74) is 6.54. The van der Waals surface area contributed by atoms with Gasteiger partial charge in [-0.2, -0.15) is 0 Å². The van der Waals surface area contributed by atoms with E-state index in [9.17, 15) is 0 Å². The normalized spacial score (nSPS) is 8.11. The molecule has 0 fully saturated rings. The summed E-state index contributed by atoms with van der Waals surface area (Å²) >= 11 is 0. The molecule has 0 atom stereocenters. The minimum atomic E-state index is 0. The predicted octanol–water partition coefficient (Wildman–Crippen LogP) is 0.497. The molecule has 2 heteroatoms. The zero-order chi connectivity index (χ0) is 5.82. The molecule has 0 aliphatic carbocycles. The molecule has 0 aliphatic rings. The Hall–Kier alpha value is 0.180. The molecule has 1 aromatic rings. The first-order valence-corrected chi connectivity index (χ1v) is 2.67. The van der Waals surface area contributed by atoms with Gasteiger partial charge in [-0.15, -0.1) is 0 Å². The molecule has 0 bridgehead atoms. The van der Waals surface area contributed by atoms with Gasteiger partial charge >= 0.3 is 29.6 Å². The van der Waals surface area contributed by atoms with E-state index in [4.69, 9.17) is 5.73 Å². The van der Waals surface area contributed by atoms with Crippen LogP contribution in [0.1, 0.15) is 5.56 Å². The summed E-state index contributed by atoms with van der Waals surface area (Å²) in [6.45, 7) is 0.640. The van der Waals surface area contributed by atoms with Gasteiger partial charge in [0.05, 0.1) is 0 Å². The van der Waals surface area contributed by atoms with Gasteiger partial charge < -0.3 is 5.73 Å². The Bertz CT molecular complexity index is 150. The Labute approximate surface area is 77.5 Å². The van der Waals surface area contributed by atoms with Crippen LogP contribution in [0.2, 0.25) is 0 Å². The van der Waals surface area contributed by atoms with E-state index in [1.165, 1.54) is 5.56 Å². The zero-order valence-electron chi connectivity index (χ0n) is 4.67. The fourth-order valence-corrected chi connectivity index (χ4v) is 0.614. The Morgan fingerprint density at radius 2 is 1.67 bits per heavy atom. The maximum absolute atomic E-state index is 5.35. The second-order valence-corrected chi connectivity index (χ2v) is 1.69. The second kappa shape index (κ2) is 5.00. The molecule has 2 N–H and O–H groups in total. The third kappa shape index (κ3) is 3.01. The van der Waals surface area contributed by atoms with Crippen molar-refractivity contribution in [3.63, 3.8) is 0 Å². The quantitative estimate of drug-likeness (QED) is 0.552. The van der Waals surface area contributed by atoms with Crippen molar-refractivity contribution in [3.8, 4) is 0 Å². The van der Waals surface area contributed by atoms with E-state index in [2.05, 4.69) is 0 Å². The molecule has 9 heavy (non-hydrogen) atoms. The molecular weight excluding hydrogens is 121 g/mol. The van der Waals surface area contributed by atoms with E-state index in [0.29, 0.717) is 6.54 Å². The monoisotopic (exact) mass is 131 g/mol. The van der Waals surface area contributed by atoms with Crippen LogP contribution in [0, 0.1) is 0 Å². The first-order chi connectivity index (χ1) is 3.93. The van der Waals surface area contributed by atoms with Gasteiger partial charge in [-0.1, -0.05) is 30.3 Å². The molecular formula is C7H10NNa. The summed E-state index contributed by atoms with van der Waals surface area (Å²) in [5, 5.41) is 0. The van der Waals surface area contributed by atoms with Crippen LogP contribution in [0.15, 0.2) is 30.3 Å². The van der Waals surface area contributed by atoms with Crippen molar-refractivity contribution in [2.45, 2.75) is 6.54 Å². The summed E-state index contributed by atoms with van der Waals surface area (Å²) in [6.07, 6.45) is 0. The molecule has 1 aromatic carbocycles. The standard InChI is InChI=1S/C7H9N.Na.H/c8-6-7-4-2-1-3-5-7;;/h1-5H,6,8H2;;. The average molecular weight is 131 g/mol. The van der Waals surface area contributed by atoms with Gasteiger partial charge in [0.15, 0.2) is 0 Å². The SMILES string of the molecule is NCc1ccccc1.[NaH]. The summed E-state index contributed by atoms with van der Waals surface area (Å²) in [4.78, 5) is 0. The van der Waals surface area contributed by atoms with Crippen LogP contribution < -0.4 is 5.73 Å². The fourth-order valence-electron chi connectivity index (χ4n) is 0.614. The molecule has 0 saturated carbocycles. The number of nitrogens with two attached hydrogens (primary N) is 1. The maximum atomic E-state index is 5.35. The molecule has 0 amide bonds. The van der Waals surface area contributed by atoms with Crippen LogP contribution >= 0.6 is 0 Å². The fraction of sp³-hybridized carbons (Fsp3) is 0.143. The molecule has 0 radical (unpaired) electrons. The van der Waals surface area contributed by atoms with Crippen molar-refractivity contribution in [2.75, 3.05) is 0 Å². The third-order valence-electron chi connectivity index (χ3n) is 1.08. The van der Waals surface area contributed by atoms with E-state index in [-0.39, 0.29) is 29.6 Å². The number of rotatable bonds is 1. The van der Waals surface area contributed by atoms with Crippen LogP contribution in [-0.2, 0) is 6.54 Å². The number of hydrogen-bond acceptors (Lipinski definition) is 1. The first kappa shape index (κ1) is 9.18. The summed E-state index contributed by atoms with van der Waals surface area (Å²) in [6, 6.07) is 9.99. The Morgan fingerprint density at radius 3 is 2.00 bits per heavy atom. The molecule has 0 aromatic heterocycles. The van der Waals surface area contributed by atoms with Crippen molar-refractivity contribution in [3.05, 3.63) is 35.9 Å². The number of hydrogen-bond donors (Lipinski definition) is 1. The Kier molecular flexibility index (Phi) is 5.10. The molecule has 0 unspecified atom stereocenters. The van der Waals surface area contributed by atoms with Crippen molar-refractivity contribution < 1.29 is 0 Å². The van der Waals surface area contributed by atoms with Crippen molar-refractivity contribution >= 4 is 29.6 Å². The molecule has 0 heterocycles. The summed E-state index contributed by atoms with van der Waals surface area (Å²) in [5.74, 6) is 0. The molecule has 0 spiro atoms. The van der Waals surface area contributed by atoms with E-state index in [1.807, 2.05) is 30.3 Å². The molecule has 1 rings (SSSR count). The third-order valence-corrected chi connectivity index (χ3v) is 1.08. The van der Waals surface area contributed by atoms with Crippen LogP contribution in [-0.4, -0.2) is 29.6 Å². The van der Waals surface area contributed by atoms with Gasteiger partial charge in [0.25, 0.3) is 0 Å². The van der Waals surface area contributed by atoms with Gasteiger partial charge in [0, 0.05) is 6.54 Å². The van der Waals surface area contributed by atoms with Gasteiger partial charge in [0.2, 0.25) is 0 Å². The number of benzene rings is 1. The van der Waals surface area contributed by atoms with Gasteiger partial charge in [0.1, 0.15) is 0 Å². The van der Waals surface area contributed by atoms with Crippen LogP contribution in [0.25, 0.3) is 0 Å². The van der Waals surface area contributed by atoms with Gasteiger partial charge in [-0.25, -0.2) is 0 Å². The topological polar surface area (TPSA) is 26.0 Å². The van der Waals surface area contributed by atoms with E-state index < -0.39 is 0 Å². The van der Waals surface area contributed by atoms with E-state index >= 15 is 0 Å². The zero-order valence-corrected chi connectivity index (χ0v) is 4.67. The average Bonchev–Trinajstić information content (AvgIpc) is 1.90. The summed E-state index contributed by atoms with van der Waals surface area (Å²) in [7, 11) is 0. The predicted molar refractivity (Wildman–Crippen MR) is 41.5 cm³/mol. The molecule has 0 saturated heterocycles. The van der Waals surface area contributed by atoms with E-state index in [0.717, 1.165) is 0 Å². The van der Waals surface area contributed by atoms with Crippen LogP contribution in [0.5, 0.6) is 0 Å². The van der Waals surface area contributed by atoms with Crippen molar-refractivity contribution in [1.82, 2.24) is 0 Å². The van der Waals surface area contributed by atoms with E-state index in [1.54, 1.807) is 0 Å². The van der Waals surface area contributed by atoms with Crippen LogP contribution in [0.3, 0.4) is 0 Å².